The molecule has 0 spiro atoms. The maximum Gasteiger partial charge on any atom is 0.196 e. The number of hydrogen-bond acceptors (Lipinski definition) is 6. The molecule has 0 amide bonds. The summed E-state index contributed by atoms with van der Waals surface area (Å²) in [5, 5.41) is 19.0. The van der Waals surface area contributed by atoms with Crippen LogP contribution in [0.2, 0.25) is 0 Å². The molecule has 7 nitrogen and oxygen atoms in total. The van der Waals surface area contributed by atoms with Gasteiger partial charge in [0, 0.05) is 5.39 Å². The van der Waals surface area contributed by atoms with E-state index in [4.69, 9.17) is 0 Å². The van der Waals surface area contributed by atoms with E-state index < -0.39 is 0 Å². The van der Waals surface area contributed by atoms with E-state index >= 15 is 0 Å². The van der Waals surface area contributed by atoms with Gasteiger partial charge >= 0.3 is 0 Å². The first-order valence-corrected chi connectivity index (χ1v) is 8.14. The lowest BCUT2D eigenvalue weighted by Gasteiger charge is -2.23. The third-order valence-corrected chi connectivity index (χ3v) is 3.96. The lowest BCUT2D eigenvalue weighted by atomic mass is 9.88. The van der Waals surface area contributed by atoms with Crippen LogP contribution < -0.4 is 5.32 Å². The van der Waals surface area contributed by atoms with Crippen LogP contribution in [0, 0.1) is 12.3 Å². The maximum atomic E-state index is 4.42. The number of aromatic amines is 1. The number of nitrogens with zero attached hydrogens (tertiary/aromatic N) is 5. The highest BCUT2D eigenvalue weighted by molar-refractivity contribution is 5.89. The molecule has 0 aliphatic carbocycles. The number of H-pyrrole nitrogens is 1. The molecule has 0 aliphatic rings. The molecule has 0 fully saturated rings. The Morgan fingerprint density at radius 1 is 1.21 bits per heavy atom. The van der Waals surface area contributed by atoms with Gasteiger partial charge in [-0.25, -0.2) is 9.97 Å². The van der Waals surface area contributed by atoms with Crippen molar-refractivity contribution in [1.29, 1.82) is 0 Å². The minimum absolute atomic E-state index is 0.0534. The van der Waals surface area contributed by atoms with Gasteiger partial charge in [0.25, 0.3) is 0 Å². The van der Waals surface area contributed by atoms with Gasteiger partial charge in [-0.2, -0.15) is 5.21 Å². The number of anilines is 1. The Bertz CT molecular complexity index is 805. The highest BCUT2D eigenvalue weighted by atomic mass is 15.5. The lowest BCUT2D eigenvalue weighted by molar-refractivity contribution is 0.352. The Morgan fingerprint density at radius 3 is 2.75 bits per heavy atom. The van der Waals surface area contributed by atoms with Crippen LogP contribution in [0.4, 0.5) is 5.82 Å². The van der Waals surface area contributed by atoms with Gasteiger partial charge < -0.3 is 5.32 Å². The van der Waals surface area contributed by atoms with E-state index in [0.29, 0.717) is 5.82 Å². The summed E-state index contributed by atoms with van der Waals surface area (Å²) in [7, 11) is 0. The molecule has 3 aromatic rings. The second kappa shape index (κ2) is 6.51. The van der Waals surface area contributed by atoms with Gasteiger partial charge in [0.15, 0.2) is 5.82 Å². The quantitative estimate of drug-likeness (QED) is 0.746. The summed E-state index contributed by atoms with van der Waals surface area (Å²) in [5.41, 5.74) is 2.33. The molecule has 126 valence electrons. The Hall–Kier alpha value is -2.57. The molecule has 0 radical (unpaired) electrons. The van der Waals surface area contributed by atoms with Crippen LogP contribution in [0.1, 0.15) is 51.0 Å². The molecule has 2 heterocycles. The van der Waals surface area contributed by atoms with Gasteiger partial charge in [-0.3, -0.25) is 0 Å². The lowest BCUT2D eigenvalue weighted by Crippen LogP contribution is -2.17. The molecular weight excluding hydrogens is 302 g/mol. The number of aromatic nitrogens is 6. The van der Waals surface area contributed by atoms with Crippen molar-refractivity contribution in [2.24, 2.45) is 5.41 Å². The molecule has 0 bridgehead atoms. The first-order valence-electron chi connectivity index (χ1n) is 8.14. The van der Waals surface area contributed by atoms with E-state index in [9.17, 15) is 0 Å². The third-order valence-electron chi connectivity index (χ3n) is 3.96. The molecule has 3 rings (SSSR count). The first kappa shape index (κ1) is 16.3. The van der Waals surface area contributed by atoms with Gasteiger partial charge in [-0.15, -0.1) is 10.2 Å². The van der Waals surface area contributed by atoms with Gasteiger partial charge in [-0.05, 0) is 42.9 Å². The van der Waals surface area contributed by atoms with Crippen LogP contribution in [-0.2, 0) is 0 Å². The predicted octanol–water partition coefficient (Wildman–Crippen LogP) is 3.43. The molecule has 0 saturated heterocycles. The van der Waals surface area contributed by atoms with Crippen molar-refractivity contribution in [2.45, 2.75) is 46.6 Å². The molecular formula is C17H23N7. The van der Waals surface area contributed by atoms with Crippen molar-refractivity contribution in [3.8, 4) is 0 Å². The van der Waals surface area contributed by atoms with Gasteiger partial charge in [0.2, 0.25) is 0 Å². The highest BCUT2D eigenvalue weighted by Crippen LogP contribution is 2.29. The number of aryl methyl sites for hydroxylation is 1. The Labute approximate surface area is 141 Å². The number of fused-ring (bicyclic) bond motifs is 1. The normalized spacial score (nSPS) is 13.2. The number of rotatable bonds is 5. The fourth-order valence-corrected chi connectivity index (χ4v) is 2.61. The van der Waals surface area contributed by atoms with Crippen molar-refractivity contribution in [3.63, 3.8) is 0 Å². The minimum Gasteiger partial charge on any atom is -0.359 e. The molecule has 1 aromatic carbocycles. The van der Waals surface area contributed by atoms with Crippen LogP contribution in [0.3, 0.4) is 0 Å². The fraction of sp³-hybridized carbons (Fsp3) is 0.471. The topological polar surface area (TPSA) is 92.3 Å². The zero-order chi connectivity index (χ0) is 17.2. The number of benzene rings is 1. The number of tetrazole rings is 1. The summed E-state index contributed by atoms with van der Waals surface area (Å²) >= 11 is 0. The van der Waals surface area contributed by atoms with Crippen molar-refractivity contribution in [2.75, 3.05) is 5.32 Å². The fourth-order valence-electron chi connectivity index (χ4n) is 2.61. The molecule has 0 aliphatic heterocycles. The summed E-state index contributed by atoms with van der Waals surface area (Å²) < 4.78 is 0. The molecule has 2 N–H and O–H groups in total. The largest absolute Gasteiger partial charge is 0.359 e. The zero-order valence-corrected chi connectivity index (χ0v) is 14.5. The van der Waals surface area contributed by atoms with E-state index in [1.54, 1.807) is 6.33 Å². The summed E-state index contributed by atoms with van der Waals surface area (Å²) in [6, 6.07) is 6.11. The van der Waals surface area contributed by atoms with Crippen LogP contribution >= 0.6 is 0 Å². The third kappa shape index (κ3) is 3.84. The summed E-state index contributed by atoms with van der Waals surface area (Å²) in [5.74, 6) is 1.45. The van der Waals surface area contributed by atoms with Gasteiger partial charge in [-0.1, -0.05) is 32.1 Å². The minimum atomic E-state index is -0.0534. The van der Waals surface area contributed by atoms with Gasteiger partial charge in [0.05, 0.1) is 11.6 Å². The van der Waals surface area contributed by atoms with Gasteiger partial charge in [0.1, 0.15) is 12.1 Å². The van der Waals surface area contributed by atoms with Crippen molar-refractivity contribution in [1.82, 2.24) is 30.6 Å². The molecule has 2 aromatic heterocycles. The Balaban J connectivity index is 1.90. The van der Waals surface area contributed by atoms with Crippen LogP contribution in [0.15, 0.2) is 24.5 Å². The van der Waals surface area contributed by atoms with E-state index in [2.05, 4.69) is 75.7 Å². The zero-order valence-electron chi connectivity index (χ0n) is 14.5. The van der Waals surface area contributed by atoms with Crippen LogP contribution in [-0.4, -0.2) is 30.6 Å². The smallest absolute Gasteiger partial charge is 0.196 e. The Kier molecular flexibility index (Phi) is 4.42. The summed E-state index contributed by atoms with van der Waals surface area (Å²) in [4.78, 5) is 8.78. The monoisotopic (exact) mass is 325 g/mol. The van der Waals surface area contributed by atoms with Crippen LogP contribution in [0.25, 0.3) is 10.9 Å². The second-order valence-electron chi connectivity index (χ2n) is 7.31. The second-order valence-corrected chi connectivity index (χ2v) is 7.31. The Morgan fingerprint density at radius 2 is 2.04 bits per heavy atom. The summed E-state index contributed by atoms with van der Waals surface area (Å²) in [6.07, 6.45) is 3.50. The van der Waals surface area contributed by atoms with E-state index in [1.807, 2.05) is 6.07 Å². The summed E-state index contributed by atoms with van der Waals surface area (Å²) in [6.45, 7) is 8.73. The van der Waals surface area contributed by atoms with Crippen LogP contribution in [0.5, 0.6) is 0 Å². The maximum absolute atomic E-state index is 4.42. The highest BCUT2D eigenvalue weighted by Gasteiger charge is 2.21. The van der Waals surface area contributed by atoms with E-state index in [0.717, 1.165) is 29.6 Å². The first-order chi connectivity index (χ1) is 11.4. The molecule has 1 atom stereocenters. The average molecular weight is 325 g/mol. The van der Waals surface area contributed by atoms with Crippen molar-refractivity contribution in [3.05, 3.63) is 35.9 Å². The molecule has 7 heteroatoms. The molecule has 24 heavy (non-hydrogen) atoms. The standard InChI is InChI=1S/C17H23N7/c1-11-5-6-12-14(9-11)18-10-19-15(12)20-13(7-8-17(2,3)4)16-21-23-24-22-16/h5-6,9-10,13H,7-8H2,1-4H3,(H,18,19,20)(H,21,22,23,24). The van der Waals surface area contributed by atoms with E-state index in [-0.39, 0.29) is 11.5 Å². The van der Waals surface area contributed by atoms with E-state index in [1.165, 1.54) is 5.56 Å². The average Bonchev–Trinajstić information content (AvgIpc) is 3.04. The molecule has 1 unspecified atom stereocenters. The number of nitrogens with one attached hydrogen (secondary N) is 2. The molecule has 0 saturated carbocycles. The van der Waals surface area contributed by atoms with Crippen molar-refractivity contribution < 1.29 is 0 Å². The number of hydrogen-bond donors (Lipinski definition) is 2. The SMILES string of the molecule is Cc1ccc2c(NC(CCC(C)(C)C)c3nn[nH]n3)ncnc2c1. The van der Waals surface area contributed by atoms with Crippen molar-refractivity contribution >= 4 is 16.7 Å². The predicted molar refractivity (Wildman–Crippen MR) is 93.5 cm³/mol.